The molecule has 3 nitrogen and oxygen atoms in total. The number of nitrogens with two attached hydrogens (primary N) is 1. The molecule has 0 aliphatic rings. The van der Waals surface area contributed by atoms with Crippen LogP contribution in [0.4, 0.5) is 0 Å². The van der Waals surface area contributed by atoms with Crippen molar-refractivity contribution in [3.8, 4) is 0 Å². The number of ether oxygens (including phenoxy) is 1. The topological polar surface area (TPSA) is 52.3 Å². The number of halogens is 1. The van der Waals surface area contributed by atoms with Gasteiger partial charge in [-0.3, -0.25) is 0 Å². The molecule has 2 N–H and O–H groups in total. The highest BCUT2D eigenvalue weighted by Gasteiger charge is 2.32. The summed E-state index contributed by atoms with van der Waals surface area (Å²) < 4.78 is 6.27. The molecule has 0 aliphatic carbocycles. The zero-order chi connectivity index (χ0) is 14.6. The first-order chi connectivity index (χ1) is 9.50. The van der Waals surface area contributed by atoms with E-state index in [1.54, 1.807) is 6.92 Å². The average Bonchev–Trinajstić information content (AvgIpc) is 2.45. The molecular formula is C16H16BrNO2. The first-order valence-corrected chi connectivity index (χ1v) is 7.05. The summed E-state index contributed by atoms with van der Waals surface area (Å²) in [6.07, 6.45) is 0. The van der Waals surface area contributed by atoms with Crippen molar-refractivity contribution < 1.29 is 9.53 Å². The first-order valence-electron chi connectivity index (χ1n) is 6.26. The molecule has 2 rings (SSSR count). The third kappa shape index (κ3) is 3.46. The maximum atomic E-state index is 12.2. The van der Waals surface area contributed by atoms with Gasteiger partial charge in [0, 0.05) is 4.47 Å². The van der Waals surface area contributed by atoms with Gasteiger partial charge in [0.2, 0.25) is 0 Å². The molecule has 0 radical (unpaired) electrons. The molecular weight excluding hydrogens is 318 g/mol. The van der Waals surface area contributed by atoms with Gasteiger partial charge in [-0.25, -0.2) is 4.79 Å². The van der Waals surface area contributed by atoms with E-state index in [2.05, 4.69) is 15.9 Å². The molecule has 104 valence electrons. The van der Waals surface area contributed by atoms with Gasteiger partial charge in [-0.2, -0.15) is 0 Å². The summed E-state index contributed by atoms with van der Waals surface area (Å²) >= 11 is 3.38. The SMILES string of the molecule is CC(N)(C(=O)OCc1cccc(Br)c1)c1ccccc1. The Bertz CT molecular complexity index is 596. The minimum Gasteiger partial charge on any atom is -0.459 e. The van der Waals surface area contributed by atoms with Crippen LogP contribution >= 0.6 is 15.9 Å². The number of carbonyl (C=O) groups excluding carboxylic acids is 1. The fraction of sp³-hybridized carbons (Fsp3) is 0.188. The summed E-state index contributed by atoms with van der Waals surface area (Å²) in [5.41, 5.74) is 6.60. The predicted octanol–water partition coefficient (Wildman–Crippen LogP) is 3.37. The molecule has 0 aromatic heterocycles. The molecule has 1 atom stereocenters. The summed E-state index contributed by atoms with van der Waals surface area (Å²) in [4.78, 5) is 12.2. The molecule has 0 aliphatic heterocycles. The van der Waals surface area contributed by atoms with Gasteiger partial charge in [0.25, 0.3) is 0 Å². The van der Waals surface area contributed by atoms with Crippen molar-refractivity contribution in [3.63, 3.8) is 0 Å². The van der Waals surface area contributed by atoms with E-state index in [1.807, 2.05) is 54.6 Å². The molecule has 0 heterocycles. The van der Waals surface area contributed by atoms with Crippen molar-refractivity contribution >= 4 is 21.9 Å². The highest BCUT2D eigenvalue weighted by Crippen LogP contribution is 2.20. The van der Waals surface area contributed by atoms with E-state index in [1.165, 1.54) is 0 Å². The van der Waals surface area contributed by atoms with Crippen LogP contribution in [0.2, 0.25) is 0 Å². The first kappa shape index (κ1) is 14.8. The monoisotopic (exact) mass is 333 g/mol. The third-order valence-electron chi connectivity index (χ3n) is 3.06. The summed E-state index contributed by atoms with van der Waals surface area (Å²) in [6, 6.07) is 16.8. The lowest BCUT2D eigenvalue weighted by Gasteiger charge is -2.23. The van der Waals surface area contributed by atoms with E-state index in [0.29, 0.717) is 0 Å². The third-order valence-corrected chi connectivity index (χ3v) is 3.55. The van der Waals surface area contributed by atoms with Gasteiger partial charge in [0.05, 0.1) is 0 Å². The van der Waals surface area contributed by atoms with Crippen LogP contribution in [-0.2, 0) is 21.7 Å². The summed E-state index contributed by atoms with van der Waals surface area (Å²) in [7, 11) is 0. The quantitative estimate of drug-likeness (QED) is 0.873. The number of benzene rings is 2. The van der Waals surface area contributed by atoms with E-state index in [4.69, 9.17) is 10.5 Å². The van der Waals surface area contributed by atoms with Crippen molar-refractivity contribution in [2.75, 3.05) is 0 Å². The van der Waals surface area contributed by atoms with Crippen LogP contribution in [0.5, 0.6) is 0 Å². The second-order valence-electron chi connectivity index (χ2n) is 4.77. The lowest BCUT2D eigenvalue weighted by molar-refractivity contribution is -0.151. The minimum absolute atomic E-state index is 0.206. The van der Waals surface area contributed by atoms with Gasteiger partial charge < -0.3 is 10.5 Å². The molecule has 4 heteroatoms. The van der Waals surface area contributed by atoms with Crippen LogP contribution in [0.3, 0.4) is 0 Å². The fourth-order valence-electron chi connectivity index (χ4n) is 1.83. The van der Waals surface area contributed by atoms with E-state index in [9.17, 15) is 4.79 Å². The lowest BCUT2D eigenvalue weighted by atomic mass is 9.93. The molecule has 0 bridgehead atoms. The van der Waals surface area contributed by atoms with Crippen LogP contribution in [0.1, 0.15) is 18.1 Å². The molecule has 1 unspecified atom stereocenters. The summed E-state index contributed by atoms with van der Waals surface area (Å²) in [6.45, 7) is 1.86. The molecule has 0 saturated carbocycles. The maximum Gasteiger partial charge on any atom is 0.330 e. The van der Waals surface area contributed by atoms with E-state index in [0.717, 1.165) is 15.6 Å². The Labute approximate surface area is 126 Å². The van der Waals surface area contributed by atoms with Gasteiger partial charge >= 0.3 is 5.97 Å². The highest BCUT2D eigenvalue weighted by molar-refractivity contribution is 9.10. The standard InChI is InChI=1S/C16H16BrNO2/c1-16(18,13-7-3-2-4-8-13)15(19)20-11-12-6-5-9-14(17)10-12/h2-10H,11,18H2,1H3. The zero-order valence-corrected chi connectivity index (χ0v) is 12.8. The molecule has 2 aromatic rings. The Morgan fingerprint density at radius 3 is 2.55 bits per heavy atom. The number of hydrogen-bond acceptors (Lipinski definition) is 3. The number of carbonyl (C=O) groups is 1. The highest BCUT2D eigenvalue weighted by atomic mass is 79.9. The van der Waals surface area contributed by atoms with Crippen LogP contribution in [0.15, 0.2) is 59.1 Å². The molecule has 2 aromatic carbocycles. The Morgan fingerprint density at radius 2 is 1.90 bits per heavy atom. The Morgan fingerprint density at radius 1 is 1.20 bits per heavy atom. The molecule has 0 spiro atoms. The average molecular weight is 334 g/mol. The molecule has 0 saturated heterocycles. The predicted molar refractivity (Wildman–Crippen MR) is 81.9 cm³/mol. The smallest absolute Gasteiger partial charge is 0.330 e. The molecule has 0 amide bonds. The van der Waals surface area contributed by atoms with Crippen molar-refractivity contribution in [1.29, 1.82) is 0 Å². The van der Waals surface area contributed by atoms with Gasteiger partial charge in [-0.05, 0) is 30.2 Å². The van der Waals surface area contributed by atoms with Crippen molar-refractivity contribution in [2.24, 2.45) is 5.73 Å². The number of hydrogen-bond donors (Lipinski definition) is 1. The summed E-state index contributed by atoms with van der Waals surface area (Å²) in [5, 5.41) is 0. The largest absolute Gasteiger partial charge is 0.459 e. The Hall–Kier alpha value is -1.65. The van der Waals surface area contributed by atoms with Crippen molar-refractivity contribution in [3.05, 3.63) is 70.2 Å². The zero-order valence-electron chi connectivity index (χ0n) is 11.2. The number of rotatable bonds is 4. The summed E-state index contributed by atoms with van der Waals surface area (Å²) in [5.74, 6) is -0.441. The van der Waals surface area contributed by atoms with E-state index >= 15 is 0 Å². The van der Waals surface area contributed by atoms with Crippen LogP contribution < -0.4 is 5.73 Å². The van der Waals surface area contributed by atoms with Crippen LogP contribution in [-0.4, -0.2) is 5.97 Å². The van der Waals surface area contributed by atoms with E-state index < -0.39 is 11.5 Å². The maximum absolute atomic E-state index is 12.2. The van der Waals surface area contributed by atoms with Crippen LogP contribution in [0.25, 0.3) is 0 Å². The van der Waals surface area contributed by atoms with Crippen LogP contribution in [0, 0.1) is 0 Å². The normalized spacial score (nSPS) is 13.6. The molecule has 20 heavy (non-hydrogen) atoms. The minimum atomic E-state index is -1.15. The lowest BCUT2D eigenvalue weighted by Crippen LogP contribution is -2.43. The van der Waals surface area contributed by atoms with Gasteiger partial charge in [0.1, 0.15) is 12.1 Å². The second kappa shape index (κ2) is 6.20. The molecule has 0 fully saturated rings. The Kier molecular flexibility index (Phi) is 4.57. The Balaban J connectivity index is 2.05. The van der Waals surface area contributed by atoms with Gasteiger partial charge in [-0.1, -0.05) is 58.4 Å². The van der Waals surface area contributed by atoms with Crippen molar-refractivity contribution in [1.82, 2.24) is 0 Å². The number of esters is 1. The van der Waals surface area contributed by atoms with Gasteiger partial charge in [0.15, 0.2) is 0 Å². The second-order valence-corrected chi connectivity index (χ2v) is 5.69. The van der Waals surface area contributed by atoms with Gasteiger partial charge in [-0.15, -0.1) is 0 Å². The van der Waals surface area contributed by atoms with Crippen molar-refractivity contribution in [2.45, 2.75) is 19.1 Å². The fourth-order valence-corrected chi connectivity index (χ4v) is 2.27. The van der Waals surface area contributed by atoms with E-state index in [-0.39, 0.29) is 6.61 Å².